The molecule has 1 aliphatic heterocycles. The van der Waals surface area contributed by atoms with Crippen LogP contribution in [-0.2, 0) is 17.8 Å². The number of amides is 1. The number of benzene rings is 1. The number of hydrogen-bond donors (Lipinski definition) is 3. The first kappa shape index (κ1) is 15.0. The summed E-state index contributed by atoms with van der Waals surface area (Å²) in [4.78, 5) is 13.7. The second-order valence-electron chi connectivity index (χ2n) is 5.58. The monoisotopic (exact) mass is 277 g/mol. The molecule has 5 heteroatoms. The van der Waals surface area contributed by atoms with Crippen LogP contribution in [0.15, 0.2) is 24.3 Å². The number of β-amino-alcohol motifs (C(OH)–C–C–N with tert-alkyl or cyclic N) is 1. The summed E-state index contributed by atoms with van der Waals surface area (Å²) in [5.74, 6) is 5.32. The van der Waals surface area contributed by atoms with Gasteiger partial charge in [-0.25, -0.2) is 5.84 Å². The second-order valence-corrected chi connectivity index (χ2v) is 5.58. The fraction of sp³-hybridized carbons (Fsp3) is 0.533. The van der Waals surface area contributed by atoms with Gasteiger partial charge in [0.25, 0.3) is 0 Å². The zero-order chi connectivity index (χ0) is 14.5. The number of hydrazine groups is 1. The first-order valence-electron chi connectivity index (χ1n) is 7.06. The lowest BCUT2D eigenvalue weighted by Gasteiger charge is -2.34. The molecule has 2 rings (SSSR count). The van der Waals surface area contributed by atoms with E-state index in [-0.39, 0.29) is 12.0 Å². The number of piperidine rings is 1. The van der Waals surface area contributed by atoms with Crippen LogP contribution in [0.1, 0.15) is 24.5 Å². The van der Waals surface area contributed by atoms with E-state index in [0.717, 1.165) is 30.6 Å². The number of hydrogen-bond acceptors (Lipinski definition) is 4. The lowest BCUT2D eigenvalue weighted by molar-refractivity contribution is -0.120. The molecule has 0 aliphatic carbocycles. The summed E-state index contributed by atoms with van der Waals surface area (Å²) < 4.78 is 0. The highest BCUT2D eigenvalue weighted by atomic mass is 16.3. The van der Waals surface area contributed by atoms with Crippen molar-refractivity contribution in [2.75, 3.05) is 13.1 Å². The number of rotatable bonds is 4. The molecular formula is C15H23N3O2. The van der Waals surface area contributed by atoms with Crippen molar-refractivity contribution in [3.05, 3.63) is 35.4 Å². The van der Waals surface area contributed by atoms with Crippen LogP contribution in [0, 0.1) is 5.92 Å². The van der Waals surface area contributed by atoms with Gasteiger partial charge in [0.1, 0.15) is 0 Å². The molecule has 0 saturated carbocycles. The molecule has 2 atom stereocenters. The molecule has 0 aromatic heterocycles. The van der Waals surface area contributed by atoms with E-state index >= 15 is 0 Å². The average molecular weight is 277 g/mol. The van der Waals surface area contributed by atoms with Gasteiger partial charge in [0, 0.05) is 13.1 Å². The highest BCUT2D eigenvalue weighted by Gasteiger charge is 2.24. The predicted octanol–water partition coefficient (Wildman–Crippen LogP) is 0.422. The van der Waals surface area contributed by atoms with Crippen molar-refractivity contribution in [1.29, 1.82) is 0 Å². The molecule has 2 unspecified atom stereocenters. The molecule has 0 spiro atoms. The number of carbonyl (C=O) groups excluding carboxylic acids is 1. The smallest absolute Gasteiger partial charge is 0.238 e. The number of aliphatic hydroxyl groups excluding tert-OH is 1. The maximum absolute atomic E-state index is 11.4. The third kappa shape index (κ3) is 3.79. The van der Waals surface area contributed by atoms with Gasteiger partial charge in [0.05, 0.1) is 12.5 Å². The number of nitrogens with one attached hydrogen (secondary N) is 1. The van der Waals surface area contributed by atoms with E-state index in [1.807, 2.05) is 24.3 Å². The molecule has 20 heavy (non-hydrogen) atoms. The van der Waals surface area contributed by atoms with Gasteiger partial charge in [-0.3, -0.25) is 15.1 Å². The van der Waals surface area contributed by atoms with Crippen LogP contribution in [0.5, 0.6) is 0 Å². The van der Waals surface area contributed by atoms with Crippen LogP contribution < -0.4 is 11.3 Å². The molecule has 1 saturated heterocycles. The van der Waals surface area contributed by atoms with E-state index < -0.39 is 0 Å². The molecule has 1 heterocycles. The molecule has 0 bridgehead atoms. The molecule has 1 amide bonds. The number of nitrogens with zero attached hydrogens (tertiary/aromatic N) is 1. The van der Waals surface area contributed by atoms with Gasteiger partial charge in [-0.1, -0.05) is 31.2 Å². The van der Waals surface area contributed by atoms with Crippen LogP contribution in [0.2, 0.25) is 0 Å². The first-order valence-corrected chi connectivity index (χ1v) is 7.06. The van der Waals surface area contributed by atoms with Crippen molar-refractivity contribution >= 4 is 5.91 Å². The topological polar surface area (TPSA) is 78.6 Å². The van der Waals surface area contributed by atoms with Crippen LogP contribution in [-0.4, -0.2) is 35.1 Å². The normalized spacial score (nSPS) is 23.6. The standard InChI is InChI=1S/C15H23N3O2/c1-11-6-7-18(10-14(11)19)9-13-5-3-2-4-12(13)8-15(20)17-16/h2-5,11,14,19H,6-10,16H2,1H3,(H,17,20). The minimum absolute atomic E-state index is 0.190. The Hall–Kier alpha value is -1.43. The summed E-state index contributed by atoms with van der Waals surface area (Å²) in [6.45, 7) is 4.52. The summed E-state index contributed by atoms with van der Waals surface area (Å²) in [6, 6.07) is 7.88. The maximum Gasteiger partial charge on any atom is 0.238 e. The Labute approximate surface area is 119 Å². The van der Waals surface area contributed by atoms with Gasteiger partial charge in [-0.2, -0.15) is 0 Å². The fourth-order valence-electron chi connectivity index (χ4n) is 2.61. The summed E-state index contributed by atoms with van der Waals surface area (Å²) >= 11 is 0. The Morgan fingerprint density at radius 3 is 2.80 bits per heavy atom. The van der Waals surface area contributed by atoms with E-state index in [4.69, 9.17) is 5.84 Å². The van der Waals surface area contributed by atoms with Gasteiger partial charge in [0.15, 0.2) is 0 Å². The third-order valence-electron chi connectivity index (χ3n) is 4.03. The van der Waals surface area contributed by atoms with E-state index in [9.17, 15) is 9.90 Å². The molecule has 1 fully saturated rings. The summed E-state index contributed by atoms with van der Waals surface area (Å²) in [5, 5.41) is 9.96. The molecule has 110 valence electrons. The van der Waals surface area contributed by atoms with Gasteiger partial charge in [-0.15, -0.1) is 0 Å². The number of likely N-dealkylation sites (tertiary alicyclic amines) is 1. The Bertz CT molecular complexity index is 464. The predicted molar refractivity (Wildman–Crippen MR) is 77.5 cm³/mol. The van der Waals surface area contributed by atoms with Gasteiger partial charge in [0.2, 0.25) is 5.91 Å². The number of carbonyl (C=O) groups is 1. The van der Waals surface area contributed by atoms with E-state index in [1.54, 1.807) is 0 Å². The zero-order valence-electron chi connectivity index (χ0n) is 11.9. The quantitative estimate of drug-likeness (QED) is 0.423. The molecule has 5 nitrogen and oxygen atoms in total. The largest absolute Gasteiger partial charge is 0.392 e. The second kappa shape index (κ2) is 6.83. The van der Waals surface area contributed by atoms with Crippen molar-refractivity contribution in [3.63, 3.8) is 0 Å². The lowest BCUT2D eigenvalue weighted by atomic mass is 9.95. The van der Waals surface area contributed by atoms with Crippen molar-refractivity contribution in [2.24, 2.45) is 11.8 Å². The van der Waals surface area contributed by atoms with Gasteiger partial charge < -0.3 is 5.11 Å². The molecule has 1 aromatic rings. The number of aliphatic hydroxyl groups is 1. The summed E-state index contributed by atoms with van der Waals surface area (Å²) in [7, 11) is 0. The number of nitrogens with two attached hydrogens (primary N) is 1. The van der Waals surface area contributed by atoms with Crippen molar-refractivity contribution < 1.29 is 9.90 Å². The Morgan fingerprint density at radius 2 is 2.15 bits per heavy atom. The van der Waals surface area contributed by atoms with Crippen molar-refractivity contribution in [2.45, 2.75) is 32.4 Å². The molecule has 0 radical (unpaired) electrons. The Morgan fingerprint density at radius 1 is 1.45 bits per heavy atom. The fourth-order valence-corrected chi connectivity index (χ4v) is 2.61. The van der Waals surface area contributed by atoms with E-state index in [2.05, 4.69) is 17.2 Å². The minimum atomic E-state index is -0.261. The highest BCUT2D eigenvalue weighted by molar-refractivity contribution is 5.78. The highest BCUT2D eigenvalue weighted by Crippen LogP contribution is 2.20. The summed E-state index contributed by atoms with van der Waals surface area (Å²) in [5.41, 5.74) is 4.28. The van der Waals surface area contributed by atoms with Crippen LogP contribution >= 0.6 is 0 Å². The molecular weight excluding hydrogens is 254 g/mol. The van der Waals surface area contributed by atoms with E-state index in [1.165, 1.54) is 0 Å². The van der Waals surface area contributed by atoms with Crippen molar-refractivity contribution in [1.82, 2.24) is 10.3 Å². The van der Waals surface area contributed by atoms with Crippen molar-refractivity contribution in [3.8, 4) is 0 Å². The molecule has 1 aliphatic rings. The van der Waals surface area contributed by atoms with E-state index in [0.29, 0.717) is 18.9 Å². The SMILES string of the molecule is CC1CCN(Cc2ccccc2CC(=O)NN)CC1O. The first-order chi connectivity index (χ1) is 9.60. The molecule has 4 N–H and O–H groups in total. The zero-order valence-corrected chi connectivity index (χ0v) is 11.9. The van der Waals surface area contributed by atoms with Crippen LogP contribution in [0.3, 0.4) is 0 Å². The minimum Gasteiger partial charge on any atom is -0.392 e. The van der Waals surface area contributed by atoms with Gasteiger partial charge >= 0.3 is 0 Å². The average Bonchev–Trinajstić information content (AvgIpc) is 2.45. The maximum atomic E-state index is 11.4. The van der Waals surface area contributed by atoms with Gasteiger partial charge in [-0.05, 0) is 30.0 Å². The van der Waals surface area contributed by atoms with Crippen LogP contribution in [0.4, 0.5) is 0 Å². The lowest BCUT2D eigenvalue weighted by Crippen LogP contribution is -2.42. The summed E-state index contributed by atoms with van der Waals surface area (Å²) in [6.07, 6.45) is 1.04. The molecule has 1 aromatic carbocycles. The third-order valence-corrected chi connectivity index (χ3v) is 4.03. The Balaban J connectivity index is 2.03. The Kier molecular flexibility index (Phi) is 5.11. The van der Waals surface area contributed by atoms with Crippen LogP contribution in [0.25, 0.3) is 0 Å².